The Bertz CT molecular complexity index is 1250. The molecular formula is C23H18N4O3. The minimum absolute atomic E-state index is 0.292. The molecular weight excluding hydrogens is 380 g/mol. The maximum Gasteiger partial charge on any atom is 0.255 e. The van der Waals surface area contributed by atoms with E-state index in [-0.39, 0.29) is 5.91 Å². The number of rotatable bonds is 6. The van der Waals surface area contributed by atoms with Gasteiger partial charge in [-0.15, -0.1) is 0 Å². The van der Waals surface area contributed by atoms with Crippen molar-refractivity contribution in [2.24, 2.45) is 5.73 Å². The van der Waals surface area contributed by atoms with Crippen molar-refractivity contribution in [3.8, 4) is 11.5 Å². The third kappa shape index (κ3) is 4.36. The van der Waals surface area contributed by atoms with Crippen molar-refractivity contribution in [2.75, 3.05) is 5.32 Å². The number of primary amides is 1. The van der Waals surface area contributed by atoms with Crippen LogP contribution in [-0.2, 0) is 4.79 Å². The van der Waals surface area contributed by atoms with Gasteiger partial charge in [-0.1, -0.05) is 24.3 Å². The van der Waals surface area contributed by atoms with Crippen LogP contribution in [0.1, 0.15) is 15.9 Å². The topological polar surface area (TPSA) is 110 Å². The molecule has 2 aromatic heterocycles. The molecule has 0 atom stereocenters. The van der Waals surface area contributed by atoms with Crippen molar-refractivity contribution >= 4 is 34.6 Å². The molecule has 7 nitrogen and oxygen atoms in total. The number of nitrogens with zero attached hydrogens (tertiary/aromatic N) is 1. The van der Waals surface area contributed by atoms with Crippen LogP contribution < -0.4 is 15.8 Å². The van der Waals surface area contributed by atoms with Crippen molar-refractivity contribution < 1.29 is 14.3 Å². The summed E-state index contributed by atoms with van der Waals surface area (Å²) in [5.74, 6) is 0.416. The first-order valence-electron chi connectivity index (χ1n) is 9.17. The Balaban J connectivity index is 1.53. The Kier molecular flexibility index (Phi) is 5.25. The second-order valence-electron chi connectivity index (χ2n) is 6.50. The average Bonchev–Trinajstić information content (AvgIpc) is 3.15. The maximum absolute atomic E-state index is 12.7. The van der Waals surface area contributed by atoms with Crippen LogP contribution in [0.15, 0.2) is 79.1 Å². The van der Waals surface area contributed by atoms with Gasteiger partial charge in [0.25, 0.3) is 5.91 Å². The molecule has 0 fully saturated rings. The number of benzene rings is 2. The summed E-state index contributed by atoms with van der Waals surface area (Å²) in [6, 6.07) is 18.0. The number of aromatic nitrogens is 2. The van der Waals surface area contributed by atoms with Gasteiger partial charge in [0.2, 0.25) is 5.91 Å². The van der Waals surface area contributed by atoms with E-state index in [2.05, 4.69) is 15.3 Å². The number of nitrogens with two attached hydrogens (primary N) is 1. The van der Waals surface area contributed by atoms with E-state index in [1.165, 1.54) is 6.08 Å². The lowest BCUT2D eigenvalue weighted by atomic mass is 10.1. The van der Waals surface area contributed by atoms with E-state index in [1.54, 1.807) is 48.8 Å². The Morgan fingerprint density at radius 2 is 1.83 bits per heavy atom. The third-order valence-corrected chi connectivity index (χ3v) is 4.32. The predicted octanol–water partition coefficient (Wildman–Crippen LogP) is 4.11. The Hall–Kier alpha value is -4.39. The number of amides is 2. The molecule has 2 amide bonds. The van der Waals surface area contributed by atoms with Crippen molar-refractivity contribution in [1.29, 1.82) is 0 Å². The number of nitrogens with one attached hydrogen (secondary N) is 2. The summed E-state index contributed by atoms with van der Waals surface area (Å²) in [7, 11) is 0. The molecule has 0 aliphatic heterocycles. The normalized spacial score (nSPS) is 10.9. The number of para-hydroxylation sites is 1. The molecule has 2 aromatic carbocycles. The molecule has 0 saturated carbocycles. The number of pyridine rings is 1. The van der Waals surface area contributed by atoms with E-state index >= 15 is 0 Å². The monoisotopic (exact) mass is 398 g/mol. The van der Waals surface area contributed by atoms with E-state index in [4.69, 9.17) is 10.5 Å². The zero-order chi connectivity index (χ0) is 20.9. The van der Waals surface area contributed by atoms with Crippen molar-refractivity contribution in [2.45, 2.75) is 0 Å². The van der Waals surface area contributed by atoms with Crippen LogP contribution in [0.2, 0.25) is 0 Å². The molecule has 0 saturated heterocycles. The number of aromatic amines is 1. The first-order valence-corrected chi connectivity index (χ1v) is 9.17. The lowest BCUT2D eigenvalue weighted by molar-refractivity contribution is -0.113. The van der Waals surface area contributed by atoms with Gasteiger partial charge in [-0.2, -0.15) is 0 Å². The number of hydrogen-bond donors (Lipinski definition) is 3. The molecule has 0 spiro atoms. The fourth-order valence-corrected chi connectivity index (χ4v) is 2.93. The minimum Gasteiger partial charge on any atom is -0.457 e. The first kappa shape index (κ1) is 18.9. The third-order valence-electron chi connectivity index (χ3n) is 4.32. The zero-order valence-corrected chi connectivity index (χ0v) is 15.8. The van der Waals surface area contributed by atoms with Crippen molar-refractivity contribution in [3.05, 3.63) is 90.3 Å². The molecule has 4 aromatic rings. The van der Waals surface area contributed by atoms with Gasteiger partial charge in [0, 0.05) is 28.8 Å². The quantitative estimate of drug-likeness (QED) is 0.425. The fourth-order valence-electron chi connectivity index (χ4n) is 2.93. The number of carbonyl (C=O) groups excluding carboxylic acids is 2. The van der Waals surface area contributed by atoms with E-state index in [1.807, 2.05) is 30.3 Å². The standard InChI is InChI=1S/C23H18N4O3/c24-21(28)10-9-16-13-25-22-20(16)12-17(14-26-22)27-23(29)15-5-4-8-19(11-15)30-18-6-2-1-3-7-18/h1-14H,(H2,24,28)(H,25,26)(H,27,29)/b10-9+. The number of carbonyl (C=O) groups is 2. The average molecular weight is 398 g/mol. The van der Waals surface area contributed by atoms with E-state index in [0.717, 1.165) is 10.9 Å². The molecule has 4 rings (SSSR count). The molecule has 0 aliphatic carbocycles. The predicted molar refractivity (Wildman–Crippen MR) is 115 cm³/mol. The molecule has 4 N–H and O–H groups in total. The highest BCUT2D eigenvalue weighted by molar-refractivity contribution is 6.05. The van der Waals surface area contributed by atoms with E-state index in [9.17, 15) is 9.59 Å². The summed E-state index contributed by atoms with van der Waals surface area (Å²) in [5.41, 5.74) is 7.50. The minimum atomic E-state index is -0.542. The van der Waals surface area contributed by atoms with Crippen LogP contribution in [0.3, 0.4) is 0 Å². The number of H-pyrrole nitrogens is 1. The van der Waals surface area contributed by atoms with Crippen LogP contribution in [-0.4, -0.2) is 21.8 Å². The van der Waals surface area contributed by atoms with E-state index < -0.39 is 5.91 Å². The summed E-state index contributed by atoms with van der Waals surface area (Å²) in [5, 5.41) is 3.59. The van der Waals surface area contributed by atoms with Gasteiger partial charge in [-0.3, -0.25) is 9.59 Å². The number of ether oxygens (including phenoxy) is 1. The van der Waals surface area contributed by atoms with Gasteiger partial charge in [0.15, 0.2) is 0 Å². The second kappa shape index (κ2) is 8.32. The number of fused-ring (bicyclic) bond motifs is 1. The molecule has 0 unspecified atom stereocenters. The lowest BCUT2D eigenvalue weighted by Crippen LogP contribution is -2.12. The second-order valence-corrected chi connectivity index (χ2v) is 6.50. The highest BCUT2D eigenvalue weighted by atomic mass is 16.5. The van der Waals surface area contributed by atoms with Gasteiger partial charge in [0.1, 0.15) is 17.1 Å². The van der Waals surface area contributed by atoms with E-state index in [0.29, 0.717) is 28.4 Å². The summed E-state index contributed by atoms with van der Waals surface area (Å²) < 4.78 is 5.79. The Labute approximate surface area is 172 Å². The summed E-state index contributed by atoms with van der Waals surface area (Å²) >= 11 is 0. The molecule has 0 radical (unpaired) electrons. The molecule has 2 heterocycles. The molecule has 0 bridgehead atoms. The maximum atomic E-state index is 12.7. The van der Waals surface area contributed by atoms with Crippen molar-refractivity contribution in [3.63, 3.8) is 0 Å². The van der Waals surface area contributed by atoms with Crippen molar-refractivity contribution in [1.82, 2.24) is 9.97 Å². The highest BCUT2D eigenvalue weighted by Crippen LogP contribution is 2.24. The summed E-state index contributed by atoms with van der Waals surface area (Å²) in [6.45, 7) is 0. The molecule has 30 heavy (non-hydrogen) atoms. The van der Waals surface area contributed by atoms with Crippen LogP contribution >= 0.6 is 0 Å². The van der Waals surface area contributed by atoms with Crippen LogP contribution in [0.5, 0.6) is 11.5 Å². The molecule has 148 valence electrons. The Morgan fingerprint density at radius 1 is 1.03 bits per heavy atom. The summed E-state index contributed by atoms with van der Waals surface area (Å²) in [4.78, 5) is 31.0. The largest absolute Gasteiger partial charge is 0.457 e. The lowest BCUT2D eigenvalue weighted by Gasteiger charge is -2.08. The molecule has 0 aliphatic rings. The SMILES string of the molecule is NC(=O)/C=C/c1c[nH]c2ncc(NC(=O)c3cccc(Oc4ccccc4)c3)cc12. The van der Waals surface area contributed by atoms with Gasteiger partial charge in [-0.05, 0) is 42.5 Å². The zero-order valence-electron chi connectivity index (χ0n) is 15.8. The fraction of sp³-hybridized carbons (Fsp3) is 0. The first-order chi connectivity index (χ1) is 14.6. The number of anilines is 1. The van der Waals surface area contributed by atoms with Gasteiger partial charge >= 0.3 is 0 Å². The number of hydrogen-bond acceptors (Lipinski definition) is 4. The van der Waals surface area contributed by atoms with Crippen LogP contribution in [0.25, 0.3) is 17.1 Å². The van der Waals surface area contributed by atoms with Gasteiger partial charge < -0.3 is 20.8 Å². The smallest absolute Gasteiger partial charge is 0.255 e. The summed E-state index contributed by atoms with van der Waals surface area (Å²) in [6.07, 6.45) is 6.14. The van der Waals surface area contributed by atoms with Crippen LogP contribution in [0.4, 0.5) is 5.69 Å². The Morgan fingerprint density at radius 3 is 2.63 bits per heavy atom. The highest BCUT2D eigenvalue weighted by Gasteiger charge is 2.10. The van der Waals surface area contributed by atoms with Crippen LogP contribution in [0, 0.1) is 0 Å². The van der Waals surface area contributed by atoms with Gasteiger partial charge in [-0.25, -0.2) is 4.98 Å². The van der Waals surface area contributed by atoms with Gasteiger partial charge in [0.05, 0.1) is 11.9 Å². The molecule has 7 heteroatoms.